The number of aryl methyl sites for hydroxylation is 1. The third-order valence-electron chi connectivity index (χ3n) is 3.59. The average Bonchev–Trinajstić information content (AvgIpc) is 3.03. The summed E-state index contributed by atoms with van der Waals surface area (Å²) in [5.74, 6) is 1.85. The number of hydrogen-bond donors (Lipinski definition) is 1. The Hall–Kier alpha value is -3.28. The minimum atomic E-state index is -0.171. The minimum Gasteiger partial charge on any atom is -0.494 e. The van der Waals surface area contributed by atoms with Gasteiger partial charge in [-0.2, -0.15) is 5.10 Å². The first-order valence-electron chi connectivity index (χ1n) is 8.42. The maximum atomic E-state index is 12.3. The summed E-state index contributed by atoms with van der Waals surface area (Å²) in [6.45, 7) is 4.63. The van der Waals surface area contributed by atoms with Crippen molar-refractivity contribution in [2.45, 2.75) is 20.4 Å². The Morgan fingerprint density at radius 3 is 2.54 bits per heavy atom. The Bertz CT molecular complexity index is 872. The van der Waals surface area contributed by atoms with E-state index in [0.717, 1.165) is 11.3 Å². The first kappa shape index (κ1) is 17.5. The summed E-state index contributed by atoms with van der Waals surface area (Å²) in [5.41, 5.74) is 1.62. The molecule has 0 bridgehead atoms. The van der Waals surface area contributed by atoms with Gasteiger partial charge in [0.15, 0.2) is 5.75 Å². The van der Waals surface area contributed by atoms with Gasteiger partial charge in [0, 0.05) is 6.20 Å². The Kier molecular flexibility index (Phi) is 5.53. The minimum absolute atomic E-state index is 0.144. The summed E-state index contributed by atoms with van der Waals surface area (Å²) in [6.07, 6.45) is 3.54. The van der Waals surface area contributed by atoms with Crippen molar-refractivity contribution in [3.8, 4) is 17.2 Å². The Labute approximate surface area is 152 Å². The summed E-state index contributed by atoms with van der Waals surface area (Å²) in [4.78, 5) is 12.3. The molecule has 3 rings (SSSR count). The lowest BCUT2D eigenvalue weighted by Gasteiger charge is -2.12. The van der Waals surface area contributed by atoms with Crippen LogP contribution in [0.3, 0.4) is 0 Å². The number of carbonyl (C=O) groups is 1. The average molecular weight is 351 g/mol. The number of anilines is 1. The van der Waals surface area contributed by atoms with Crippen LogP contribution in [0.4, 0.5) is 5.69 Å². The molecule has 0 saturated carbocycles. The van der Waals surface area contributed by atoms with E-state index in [1.165, 1.54) is 0 Å². The van der Waals surface area contributed by atoms with E-state index in [9.17, 15) is 4.79 Å². The molecule has 0 fully saturated rings. The Morgan fingerprint density at radius 1 is 1.12 bits per heavy atom. The molecular weight excluding hydrogens is 330 g/mol. The summed E-state index contributed by atoms with van der Waals surface area (Å²) in [5, 5.41) is 6.99. The van der Waals surface area contributed by atoms with Crippen molar-refractivity contribution in [2.24, 2.45) is 0 Å². The number of para-hydroxylation sites is 2. The molecule has 6 heteroatoms. The predicted molar refractivity (Wildman–Crippen MR) is 99.7 cm³/mol. The molecule has 0 saturated heterocycles. The second-order valence-corrected chi connectivity index (χ2v) is 5.77. The van der Waals surface area contributed by atoms with Crippen LogP contribution in [0.1, 0.15) is 12.5 Å². The zero-order chi connectivity index (χ0) is 18.4. The maximum absolute atomic E-state index is 12.3. The number of nitrogens with zero attached hydrogens (tertiary/aromatic N) is 2. The third kappa shape index (κ3) is 4.63. The van der Waals surface area contributed by atoms with Crippen molar-refractivity contribution in [3.63, 3.8) is 0 Å². The van der Waals surface area contributed by atoms with Crippen LogP contribution < -0.4 is 14.8 Å². The summed E-state index contributed by atoms with van der Waals surface area (Å²) in [6, 6.07) is 14.7. The van der Waals surface area contributed by atoms with Gasteiger partial charge in [-0.1, -0.05) is 12.1 Å². The van der Waals surface area contributed by atoms with Crippen LogP contribution in [-0.4, -0.2) is 22.3 Å². The molecule has 0 unspecified atom stereocenters. The first-order valence-corrected chi connectivity index (χ1v) is 8.42. The van der Waals surface area contributed by atoms with Gasteiger partial charge in [0.05, 0.1) is 18.5 Å². The van der Waals surface area contributed by atoms with Gasteiger partial charge >= 0.3 is 0 Å². The lowest BCUT2D eigenvalue weighted by molar-refractivity contribution is -0.116. The van der Waals surface area contributed by atoms with E-state index in [-0.39, 0.29) is 12.5 Å². The normalized spacial score (nSPS) is 10.4. The largest absolute Gasteiger partial charge is 0.494 e. The highest BCUT2D eigenvalue weighted by Gasteiger charge is 2.10. The molecule has 0 spiro atoms. The van der Waals surface area contributed by atoms with Crippen LogP contribution in [0.15, 0.2) is 60.9 Å². The van der Waals surface area contributed by atoms with E-state index in [1.807, 2.05) is 62.5 Å². The van der Waals surface area contributed by atoms with Crippen LogP contribution >= 0.6 is 0 Å². The molecule has 0 aliphatic rings. The molecule has 3 aromatic rings. The summed E-state index contributed by atoms with van der Waals surface area (Å²) < 4.78 is 12.9. The van der Waals surface area contributed by atoms with Crippen LogP contribution in [0.25, 0.3) is 0 Å². The highest BCUT2D eigenvalue weighted by molar-refractivity contribution is 5.92. The van der Waals surface area contributed by atoms with Crippen molar-refractivity contribution < 1.29 is 14.3 Å². The fourth-order valence-electron chi connectivity index (χ4n) is 2.45. The van der Waals surface area contributed by atoms with Gasteiger partial charge in [0.25, 0.3) is 0 Å². The van der Waals surface area contributed by atoms with Gasteiger partial charge in [-0.3, -0.25) is 9.48 Å². The molecule has 1 amide bonds. The van der Waals surface area contributed by atoms with Crippen molar-refractivity contribution in [1.82, 2.24) is 9.78 Å². The number of hydrogen-bond acceptors (Lipinski definition) is 4. The lowest BCUT2D eigenvalue weighted by atomic mass is 10.2. The van der Waals surface area contributed by atoms with Gasteiger partial charge < -0.3 is 14.8 Å². The van der Waals surface area contributed by atoms with Crippen LogP contribution in [0.2, 0.25) is 0 Å². The molecule has 1 heterocycles. The first-order chi connectivity index (χ1) is 12.6. The van der Waals surface area contributed by atoms with E-state index < -0.39 is 0 Å². The predicted octanol–water partition coefficient (Wildman–Crippen LogP) is 4.02. The van der Waals surface area contributed by atoms with Crippen LogP contribution in [-0.2, 0) is 11.3 Å². The zero-order valence-electron chi connectivity index (χ0n) is 14.8. The van der Waals surface area contributed by atoms with Crippen molar-refractivity contribution in [2.75, 3.05) is 11.9 Å². The topological polar surface area (TPSA) is 65.4 Å². The quantitative estimate of drug-likeness (QED) is 0.698. The molecule has 0 aliphatic heterocycles. The highest BCUT2D eigenvalue weighted by Crippen LogP contribution is 2.30. The molecule has 26 heavy (non-hydrogen) atoms. The number of amides is 1. The summed E-state index contributed by atoms with van der Waals surface area (Å²) >= 11 is 0. The molecule has 0 atom stereocenters. The number of rotatable bonds is 7. The fraction of sp³-hybridized carbons (Fsp3) is 0.200. The molecule has 6 nitrogen and oxygen atoms in total. The molecule has 2 aromatic carbocycles. The van der Waals surface area contributed by atoms with Crippen molar-refractivity contribution in [1.29, 1.82) is 0 Å². The van der Waals surface area contributed by atoms with Gasteiger partial charge in [-0.15, -0.1) is 0 Å². The monoisotopic (exact) mass is 351 g/mol. The second-order valence-electron chi connectivity index (χ2n) is 5.77. The number of ether oxygens (including phenoxy) is 2. The molecular formula is C20H21N3O3. The SMILES string of the molecule is CCOc1ccc(Oc2ccccc2NC(=O)Cn2cc(C)cn2)cc1. The maximum Gasteiger partial charge on any atom is 0.246 e. The smallest absolute Gasteiger partial charge is 0.246 e. The lowest BCUT2D eigenvalue weighted by Crippen LogP contribution is -2.19. The van der Waals surface area contributed by atoms with Gasteiger partial charge in [0.2, 0.25) is 5.91 Å². The van der Waals surface area contributed by atoms with Gasteiger partial charge in [-0.05, 0) is 55.8 Å². The van der Waals surface area contributed by atoms with Crippen molar-refractivity contribution >= 4 is 11.6 Å². The Balaban J connectivity index is 1.68. The van der Waals surface area contributed by atoms with Gasteiger partial charge in [-0.25, -0.2) is 0 Å². The number of benzene rings is 2. The molecule has 0 aliphatic carbocycles. The van der Waals surface area contributed by atoms with E-state index in [2.05, 4.69) is 10.4 Å². The molecule has 1 aromatic heterocycles. The zero-order valence-corrected chi connectivity index (χ0v) is 14.8. The molecule has 134 valence electrons. The number of nitrogens with one attached hydrogen (secondary N) is 1. The number of carbonyl (C=O) groups excluding carboxylic acids is 1. The second kappa shape index (κ2) is 8.20. The van der Waals surface area contributed by atoms with E-state index in [0.29, 0.717) is 23.8 Å². The molecule has 0 radical (unpaired) electrons. The summed E-state index contributed by atoms with van der Waals surface area (Å²) in [7, 11) is 0. The molecule has 1 N–H and O–H groups in total. The third-order valence-corrected chi connectivity index (χ3v) is 3.59. The standard InChI is InChI=1S/C20H21N3O3/c1-3-25-16-8-10-17(11-9-16)26-19-7-5-4-6-18(19)22-20(24)14-23-13-15(2)12-21-23/h4-13H,3,14H2,1-2H3,(H,22,24). The Morgan fingerprint density at radius 2 is 1.85 bits per heavy atom. The van der Waals surface area contributed by atoms with Gasteiger partial charge in [0.1, 0.15) is 18.0 Å². The fourth-order valence-corrected chi connectivity index (χ4v) is 2.45. The van der Waals surface area contributed by atoms with Crippen molar-refractivity contribution in [3.05, 3.63) is 66.5 Å². The number of aromatic nitrogens is 2. The van der Waals surface area contributed by atoms with E-state index in [1.54, 1.807) is 16.9 Å². The van der Waals surface area contributed by atoms with Crippen LogP contribution in [0, 0.1) is 6.92 Å². The highest BCUT2D eigenvalue weighted by atomic mass is 16.5. The van der Waals surface area contributed by atoms with E-state index >= 15 is 0 Å². The van der Waals surface area contributed by atoms with Crippen LogP contribution in [0.5, 0.6) is 17.2 Å². The van der Waals surface area contributed by atoms with E-state index in [4.69, 9.17) is 9.47 Å².